The molecule has 2 rings (SSSR count). The average molecular weight is 339 g/mol. The van der Waals surface area contributed by atoms with Gasteiger partial charge in [0.25, 0.3) is 0 Å². The molecule has 0 aliphatic carbocycles. The topological polar surface area (TPSA) is 46.3 Å². The van der Waals surface area contributed by atoms with E-state index in [1.807, 2.05) is 62.7 Å². The van der Waals surface area contributed by atoms with Gasteiger partial charge in [0.05, 0.1) is 12.0 Å². The van der Waals surface area contributed by atoms with Gasteiger partial charge >= 0.3 is 0 Å². The van der Waals surface area contributed by atoms with E-state index in [-0.39, 0.29) is 36.3 Å². The lowest BCUT2D eigenvalue weighted by molar-refractivity contribution is -0.136. The van der Waals surface area contributed by atoms with Gasteiger partial charge in [0.2, 0.25) is 5.91 Å². The van der Waals surface area contributed by atoms with Crippen LogP contribution >= 0.6 is 23.7 Å². The Balaban J connectivity index is 0.00000242. The normalized spacial score (nSPS) is 14.5. The van der Waals surface area contributed by atoms with E-state index in [1.165, 1.54) is 4.88 Å². The maximum absolute atomic E-state index is 12.6. The third-order valence-electron chi connectivity index (χ3n) is 4.00. The first-order chi connectivity index (χ1) is 10.0. The Morgan fingerprint density at radius 2 is 1.77 bits per heavy atom. The molecule has 2 aromatic rings. The molecule has 0 saturated carbocycles. The Kier molecular flexibility index (Phi) is 7.07. The lowest BCUT2D eigenvalue weighted by Gasteiger charge is -2.29. The minimum Gasteiger partial charge on any atom is -0.338 e. The van der Waals surface area contributed by atoms with Gasteiger partial charge < -0.3 is 10.6 Å². The largest absolute Gasteiger partial charge is 0.338 e. The second-order valence-corrected chi connectivity index (χ2v) is 6.34. The predicted molar refractivity (Wildman–Crippen MR) is 95.3 cm³/mol. The van der Waals surface area contributed by atoms with Crippen molar-refractivity contribution in [1.29, 1.82) is 0 Å². The Bertz CT molecular complexity index is 574. The zero-order valence-electron chi connectivity index (χ0n) is 13.1. The molecular formula is C17H23ClN2OS. The summed E-state index contributed by atoms with van der Waals surface area (Å²) in [5, 5.41) is 2.03. The van der Waals surface area contributed by atoms with Gasteiger partial charge in [0.1, 0.15) is 0 Å². The fourth-order valence-electron chi connectivity index (χ4n) is 2.35. The molecule has 22 heavy (non-hydrogen) atoms. The van der Waals surface area contributed by atoms with Crippen LogP contribution < -0.4 is 5.73 Å². The van der Waals surface area contributed by atoms with Crippen LogP contribution in [-0.2, 0) is 4.79 Å². The maximum Gasteiger partial charge on any atom is 0.227 e. The quantitative estimate of drug-likeness (QED) is 0.894. The van der Waals surface area contributed by atoms with Gasteiger partial charge in [0, 0.05) is 18.0 Å². The van der Waals surface area contributed by atoms with Gasteiger partial charge in [-0.25, -0.2) is 0 Å². The van der Waals surface area contributed by atoms with E-state index in [9.17, 15) is 4.79 Å². The summed E-state index contributed by atoms with van der Waals surface area (Å²) in [5.41, 5.74) is 7.25. The van der Waals surface area contributed by atoms with E-state index in [1.54, 1.807) is 16.2 Å². The van der Waals surface area contributed by atoms with Crippen molar-refractivity contribution in [1.82, 2.24) is 4.90 Å². The second kappa shape index (κ2) is 8.32. The first-order valence-corrected chi connectivity index (χ1v) is 8.01. The number of benzene rings is 1. The lowest BCUT2D eigenvalue weighted by atomic mass is 9.94. The number of rotatable bonds is 5. The summed E-state index contributed by atoms with van der Waals surface area (Å²) in [6.45, 7) is 3.95. The van der Waals surface area contributed by atoms with Gasteiger partial charge in [0.15, 0.2) is 0 Å². The number of hydrogen-bond donors (Lipinski definition) is 1. The molecule has 0 radical (unpaired) electrons. The first-order valence-electron chi connectivity index (χ1n) is 7.13. The van der Waals surface area contributed by atoms with Crippen molar-refractivity contribution in [2.24, 2.45) is 11.7 Å². The standard InChI is InChI=1S/C17H22N2OS.ClH/c1-12(16(18)14-8-5-4-6-9-14)17(20)19(3)13(2)15-10-7-11-21-15;/h4-13,16H,18H2,1-3H3;1H. The summed E-state index contributed by atoms with van der Waals surface area (Å²) in [6.07, 6.45) is 0. The van der Waals surface area contributed by atoms with Crippen LogP contribution in [0.3, 0.4) is 0 Å². The molecule has 0 bridgehead atoms. The van der Waals surface area contributed by atoms with Crippen molar-refractivity contribution in [3.63, 3.8) is 0 Å². The summed E-state index contributed by atoms with van der Waals surface area (Å²) in [5.74, 6) is -0.174. The predicted octanol–water partition coefficient (Wildman–Crippen LogP) is 4.03. The highest BCUT2D eigenvalue weighted by Crippen LogP contribution is 2.27. The van der Waals surface area contributed by atoms with Crippen molar-refractivity contribution in [3.8, 4) is 0 Å². The van der Waals surface area contributed by atoms with Gasteiger partial charge in [-0.05, 0) is 23.9 Å². The van der Waals surface area contributed by atoms with Crippen LogP contribution in [0.25, 0.3) is 0 Å². The van der Waals surface area contributed by atoms with Crippen LogP contribution in [0.1, 0.15) is 36.4 Å². The highest BCUT2D eigenvalue weighted by Gasteiger charge is 2.27. The molecule has 0 aliphatic rings. The highest BCUT2D eigenvalue weighted by molar-refractivity contribution is 7.10. The molecule has 0 saturated heterocycles. The van der Waals surface area contributed by atoms with E-state index in [0.29, 0.717) is 0 Å². The van der Waals surface area contributed by atoms with Crippen molar-refractivity contribution < 1.29 is 4.79 Å². The van der Waals surface area contributed by atoms with Crippen LogP contribution in [-0.4, -0.2) is 17.9 Å². The molecule has 0 spiro atoms. The molecule has 1 amide bonds. The molecule has 5 heteroatoms. The lowest BCUT2D eigenvalue weighted by Crippen LogP contribution is -2.38. The van der Waals surface area contributed by atoms with Gasteiger partial charge in [-0.2, -0.15) is 0 Å². The van der Waals surface area contributed by atoms with Crippen molar-refractivity contribution in [2.45, 2.75) is 25.9 Å². The second-order valence-electron chi connectivity index (χ2n) is 5.37. The van der Waals surface area contributed by atoms with E-state index >= 15 is 0 Å². The van der Waals surface area contributed by atoms with E-state index in [2.05, 4.69) is 6.07 Å². The third kappa shape index (κ3) is 4.09. The number of carbonyl (C=O) groups is 1. The molecule has 120 valence electrons. The fraction of sp³-hybridized carbons (Fsp3) is 0.353. The van der Waals surface area contributed by atoms with Crippen molar-refractivity contribution in [3.05, 3.63) is 58.3 Å². The number of nitrogens with two attached hydrogens (primary N) is 1. The SMILES string of the molecule is CC(C(=O)N(C)C(C)c1cccs1)C(N)c1ccccc1.Cl. The molecule has 2 N–H and O–H groups in total. The molecular weight excluding hydrogens is 316 g/mol. The monoisotopic (exact) mass is 338 g/mol. The molecule has 3 nitrogen and oxygen atoms in total. The fourth-order valence-corrected chi connectivity index (χ4v) is 3.18. The molecule has 0 fully saturated rings. The van der Waals surface area contributed by atoms with Gasteiger partial charge in [-0.15, -0.1) is 23.7 Å². The highest BCUT2D eigenvalue weighted by atomic mass is 35.5. The molecule has 1 heterocycles. The van der Waals surface area contributed by atoms with Crippen LogP contribution in [0, 0.1) is 5.92 Å². The Morgan fingerprint density at radius 3 is 2.32 bits per heavy atom. The number of nitrogens with zero attached hydrogens (tertiary/aromatic N) is 1. The Hall–Kier alpha value is -1.36. The summed E-state index contributed by atoms with van der Waals surface area (Å²) in [4.78, 5) is 15.6. The van der Waals surface area contributed by atoms with Crippen LogP contribution in [0.2, 0.25) is 0 Å². The zero-order valence-corrected chi connectivity index (χ0v) is 14.7. The van der Waals surface area contributed by atoms with E-state index in [0.717, 1.165) is 5.56 Å². The smallest absolute Gasteiger partial charge is 0.227 e. The van der Waals surface area contributed by atoms with Gasteiger partial charge in [-0.3, -0.25) is 4.79 Å². The number of amides is 1. The van der Waals surface area contributed by atoms with E-state index in [4.69, 9.17) is 5.73 Å². The summed E-state index contributed by atoms with van der Waals surface area (Å²) >= 11 is 1.67. The molecule has 1 aromatic carbocycles. The average Bonchev–Trinajstić information content (AvgIpc) is 3.06. The molecule has 3 unspecified atom stereocenters. The number of carbonyl (C=O) groups excluding carboxylic acids is 1. The zero-order chi connectivity index (χ0) is 15.4. The molecule has 3 atom stereocenters. The van der Waals surface area contributed by atoms with E-state index < -0.39 is 0 Å². The number of thiophene rings is 1. The first kappa shape index (κ1) is 18.7. The summed E-state index contributed by atoms with van der Waals surface area (Å²) < 4.78 is 0. The minimum absolute atomic E-state index is 0. The van der Waals surface area contributed by atoms with Crippen LogP contribution in [0.5, 0.6) is 0 Å². The Morgan fingerprint density at radius 1 is 1.14 bits per heavy atom. The molecule has 0 aliphatic heterocycles. The van der Waals surface area contributed by atoms with Crippen LogP contribution in [0.15, 0.2) is 47.8 Å². The third-order valence-corrected chi connectivity index (χ3v) is 5.04. The minimum atomic E-state index is -0.281. The summed E-state index contributed by atoms with van der Waals surface area (Å²) in [7, 11) is 1.85. The van der Waals surface area contributed by atoms with Crippen molar-refractivity contribution >= 4 is 29.7 Å². The summed E-state index contributed by atoms with van der Waals surface area (Å²) in [6, 6.07) is 13.6. The number of halogens is 1. The van der Waals surface area contributed by atoms with Crippen molar-refractivity contribution in [2.75, 3.05) is 7.05 Å². The Labute approximate surface area is 142 Å². The maximum atomic E-state index is 12.6. The number of hydrogen-bond acceptors (Lipinski definition) is 3. The van der Waals surface area contributed by atoms with Crippen LogP contribution in [0.4, 0.5) is 0 Å². The molecule has 1 aromatic heterocycles. The van der Waals surface area contributed by atoms with Gasteiger partial charge in [-0.1, -0.05) is 43.3 Å².